The van der Waals surface area contributed by atoms with Gasteiger partial charge in [0.15, 0.2) is 5.13 Å². The number of hydrogen-bond acceptors (Lipinski definition) is 9. The Morgan fingerprint density at radius 2 is 1.97 bits per heavy atom. The van der Waals surface area contributed by atoms with Gasteiger partial charge in [-0.05, 0) is 50.8 Å². The molecule has 2 aliphatic rings. The molecule has 1 fully saturated rings. The number of amides is 1. The smallest absolute Gasteiger partial charge is 0.360 e. The number of nitrogens with zero attached hydrogens (tertiary/aromatic N) is 4. The second kappa shape index (κ2) is 11.3. The average molecular weight is 506 g/mol. The van der Waals surface area contributed by atoms with Crippen LogP contribution in [0.25, 0.3) is 0 Å². The Labute approximate surface area is 205 Å². The van der Waals surface area contributed by atoms with E-state index in [1.165, 1.54) is 30.0 Å². The van der Waals surface area contributed by atoms with Gasteiger partial charge < -0.3 is 15.3 Å². The summed E-state index contributed by atoms with van der Waals surface area (Å²) >= 11 is 1.68. The van der Waals surface area contributed by atoms with E-state index in [0.29, 0.717) is 12.5 Å². The maximum Gasteiger partial charge on any atom is 0.360 e. The van der Waals surface area contributed by atoms with Crippen LogP contribution in [-0.4, -0.2) is 55.8 Å². The average Bonchev–Trinajstić information content (AvgIpc) is 3.22. The lowest BCUT2D eigenvalue weighted by molar-refractivity contribution is -0.422. The second-order valence-electron chi connectivity index (χ2n) is 8.29. The molecule has 1 saturated heterocycles. The number of carbonyl (C=O) groups is 2. The molecule has 0 spiro atoms. The Hall–Kier alpha value is -3.45. The molecule has 0 saturated carbocycles. The molecule has 1 aromatic heterocycles. The Balaban J connectivity index is 0.000000205. The van der Waals surface area contributed by atoms with E-state index in [-0.39, 0.29) is 5.91 Å². The van der Waals surface area contributed by atoms with Gasteiger partial charge in [0.2, 0.25) is 5.91 Å². The first kappa shape index (κ1) is 26.2. The number of rotatable bonds is 6. The molecular weight excluding hydrogens is 478 g/mol. The van der Waals surface area contributed by atoms with Gasteiger partial charge in [-0.15, -0.1) is 11.3 Å². The summed E-state index contributed by atoms with van der Waals surface area (Å²) in [5.41, 5.74) is -1.30. The van der Waals surface area contributed by atoms with Crippen molar-refractivity contribution < 1.29 is 24.5 Å². The van der Waals surface area contributed by atoms with Gasteiger partial charge in [-0.2, -0.15) is 0 Å². The third-order valence-electron chi connectivity index (χ3n) is 6.26. The number of thiazole rings is 1. The van der Waals surface area contributed by atoms with E-state index in [9.17, 15) is 29.8 Å². The number of likely N-dealkylation sites (tertiary alicyclic amines) is 1. The lowest BCUT2D eigenvalue weighted by Gasteiger charge is -2.43. The Morgan fingerprint density at radius 3 is 2.57 bits per heavy atom. The van der Waals surface area contributed by atoms with E-state index in [0.717, 1.165) is 48.6 Å². The summed E-state index contributed by atoms with van der Waals surface area (Å²) in [6.45, 7) is 6.52. The van der Waals surface area contributed by atoms with Crippen LogP contribution in [0.1, 0.15) is 54.0 Å². The number of carbonyl (C=O) groups excluding carboxylic acids is 1. The van der Waals surface area contributed by atoms with E-state index in [4.69, 9.17) is 5.11 Å². The predicted octanol–water partition coefficient (Wildman–Crippen LogP) is 3.89. The third-order valence-corrected chi connectivity index (χ3v) is 7.30. The van der Waals surface area contributed by atoms with Crippen molar-refractivity contribution in [1.82, 2.24) is 9.88 Å². The summed E-state index contributed by atoms with van der Waals surface area (Å²) in [6.07, 6.45) is 5.37. The largest absolute Gasteiger partial charge is 0.477 e. The molecule has 35 heavy (non-hydrogen) atoms. The predicted molar refractivity (Wildman–Crippen MR) is 129 cm³/mol. The number of carboxylic acids is 1. The lowest BCUT2D eigenvalue weighted by Crippen LogP contribution is -2.48. The molecule has 13 heteroatoms. The highest BCUT2D eigenvalue weighted by molar-refractivity contribution is 7.15. The summed E-state index contributed by atoms with van der Waals surface area (Å²) in [6, 6.07) is 3.59. The van der Waals surface area contributed by atoms with E-state index < -0.39 is 32.8 Å². The van der Waals surface area contributed by atoms with Crippen molar-refractivity contribution >= 4 is 39.7 Å². The fourth-order valence-corrected chi connectivity index (χ4v) is 5.64. The molecular formula is C22H27N5O7S. The van der Waals surface area contributed by atoms with Crippen LogP contribution >= 0.6 is 11.3 Å². The number of anilines is 1. The monoisotopic (exact) mass is 505 g/mol. The second-order valence-corrected chi connectivity index (χ2v) is 9.37. The minimum Gasteiger partial charge on any atom is -0.477 e. The zero-order valence-electron chi connectivity index (χ0n) is 19.4. The quantitative estimate of drug-likeness (QED) is 0.437. The third kappa shape index (κ3) is 5.98. The van der Waals surface area contributed by atoms with Gasteiger partial charge in [-0.25, -0.2) is 9.78 Å². The Bertz CT molecular complexity index is 1100. The van der Waals surface area contributed by atoms with Crippen molar-refractivity contribution in [2.24, 2.45) is 5.92 Å². The molecule has 2 heterocycles. The van der Waals surface area contributed by atoms with Crippen LogP contribution in [0.2, 0.25) is 0 Å². The highest BCUT2D eigenvalue weighted by atomic mass is 32.1. The number of carboxylic acid groups (broad SMARTS) is 1. The first-order valence-electron chi connectivity index (χ1n) is 11.3. The minimum atomic E-state index is -1.58. The number of aromatic nitrogens is 1. The van der Waals surface area contributed by atoms with Crippen molar-refractivity contribution in [1.29, 1.82) is 0 Å². The highest BCUT2D eigenvalue weighted by Gasteiger charge is 2.36. The van der Waals surface area contributed by atoms with E-state index >= 15 is 0 Å². The molecule has 1 aliphatic carbocycles. The van der Waals surface area contributed by atoms with Crippen molar-refractivity contribution in [2.75, 3.05) is 18.4 Å². The number of aromatic carboxylic acids is 1. The molecule has 0 bridgehead atoms. The maximum absolute atomic E-state index is 11.5. The molecule has 188 valence electrons. The molecule has 2 N–H and O–H groups in total. The Morgan fingerprint density at radius 1 is 1.23 bits per heavy atom. The number of fused-ring (bicyclic) bond motifs is 2. The van der Waals surface area contributed by atoms with Crippen LogP contribution in [0.3, 0.4) is 0 Å². The van der Waals surface area contributed by atoms with Crippen LogP contribution in [-0.2, 0) is 17.6 Å². The topological polar surface area (TPSA) is 169 Å². The van der Waals surface area contributed by atoms with Crippen LogP contribution in [0.5, 0.6) is 0 Å². The van der Waals surface area contributed by atoms with Crippen LogP contribution in [0, 0.1) is 26.1 Å². The number of hydrogen-bond donors (Lipinski definition) is 2. The molecule has 2 aromatic rings. The summed E-state index contributed by atoms with van der Waals surface area (Å²) < 4.78 is 0. The van der Waals surface area contributed by atoms with Crippen molar-refractivity contribution in [2.45, 2.75) is 52.0 Å². The van der Waals surface area contributed by atoms with Gasteiger partial charge in [0.25, 0.3) is 0 Å². The van der Waals surface area contributed by atoms with Gasteiger partial charge in [0.1, 0.15) is 5.56 Å². The normalized spacial score (nSPS) is 18.9. The number of nitro benzene ring substituents is 2. The first-order chi connectivity index (χ1) is 16.7. The molecule has 12 nitrogen and oxygen atoms in total. The summed E-state index contributed by atoms with van der Waals surface area (Å²) in [7, 11) is 0. The highest BCUT2D eigenvalue weighted by Crippen LogP contribution is 2.38. The molecule has 2 atom stereocenters. The lowest BCUT2D eigenvalue weighted by atomic mass is 9.79. The van der Waals surface area contributed by atoms with Crippen LogP contribution in [0.15, 0.2) is 18.2 Å². The number of piperidine rings is 1. The molecule has 0 radical (unpaired) electrons. The van der Waals surface area contributed by atoms with Crippen LogP contribution in [0.4, 0.5) is 16.5 Å². The number of nitrogens with one attached hydrogen (secondary N) is 1. The summed E-state index contributed by atoms with van der Waals surface area (Å²) in [5.74, 6) is -0.762. The fourth-order valence-electron chi connectivity index (χ4n) is 4.58. The molecule has 1 amide bonds. The molecule has 0 unspecified atom stereocenters. The van der Waals surface area contributed by atoms with Gasteiger partial charge in [0, 0.05) is 23.4 Å². The number of nitro groups is 2. The number of benzene rings is 1. The van der Waals surface area contributed by atoms with Crippen LogP contribution < -0.4 is 5.32 Å². The fraction of sp³-hybridized carbons (Fsp3) is 0.500. The Kier molecular flexibility index (Phi) is 8.46. The minimum absolute atomic E-state index is 0.0590. The zero-order valence-corrected chi connectivity index (χ0v) is 20.2. The van der Waals surface area contributed by atoms with E-state index in [1.807, 2.05) is 6.92 Å². The van der Waals surface area contributed by atoms with Gasteiger partial charge in [0.05, 0.1) is 15.5 Å². The molecule has 4 rings (SSSR count). The standard InChI is InChI=1S/C15H23N3OS.C7H4N2O6/c1-3-14(19)17-15-16-11-8-10-6-5-7-18(4-2)12(10)9-13(11)20-15;10-7(11)4-2-1-3-5(8(12)13)6(4)9(14)15/h10,12H,3-9H2,1-2H3,(H,16,17,19);1-3H,(H,10,11)/t10-,12-;/m0./s1. The number of para-hydroxylation sites is 1. The van der Waals surface area contributed by atoms with E-state index in [1.54, 1.807) is 11.3 Å². The van der Waals surface area contributed by atoms with Gasteiger partial charge in [-0.3, -0.25) is 25.0 Å². The van der Waals surface area contributed by atoms with Crippen molar-refractivity contribution in [3.05, 3.63) is 54.6 Å². The number of likely N-dealkylation sites (N-methyl/N-ethyl adjacent to an activating group) is 1. The summed E-state index contributed by atoms with van der Waals surface area (Å²) in [5, 5.41) is 33.2. The van der Waals surface area contributed by atoms with Crippen molar-refractivity contribution in [3.8, 4) is 0 Å². The maximum atomic E-state index is 11.5. The first-order valence-corrected chi connectivity index (χ1v) is 12.1. The molecule has 1 aliphatic heterocycles. The summed E-state index contributed by atoms with van der Waals surface area (Å²) in [4.78, 5) is 49.5. The SMILES string of the molecule is CCC(=O)Nc1nc2c(s1)C[C@H]1[C@@H](CCCN1CC)C2.O=C(O)c1cccc([N+](=O)[O-])c1[N+](=O)[O-]. The van der Waals surface area contributed by atoms with Gasteiger partial charge in [-0.1, -0.05) is 19.9 Å². The zero-order chi connectivity index (χ0) is 25.7. The van der Waals surface area contributed by atoms with E-state index in [2.05, 4.69) is 22.1 Å². The van der Waals surface area contributed by atoms with Gasteiger partial charge >= 0.3 is 17.3 Å². The molecule has 1 aromatic carbocycles. The van der Waals surface area contributed by atoms with Crippen molar-refractivity contribution in [3.63, 3.8) is 0 Å².